The van der Waals surface area contributed by atoms with Gasteiger partial charge in [0.15, 0.2) is 0 Å². The van der Waals surface area contributed by atoms with E-state index in [9.17, 15) is 9.59 Å². The Balaban J connectivity index is 1.62. The molecule has 0 aromatic carbocycles. The minimum atomic E-state index is -0.547. The molecule has 180 valence electrons. The number of rotatable bonds is 5. The Kier molecular flexibility index (Phi) is 6.97. The molecule has 0 radical (unpaired) electrons. The van der Waals surface area contributed by atoms with Gasteiger partial charge in [0.05, 0.1) is 22.3 Å². The quantitative estimate of drug-likeness (QED) is 0.461. The number of nitrogens with zero attached hydrogens (tertiary/aromatic N) is 3. The predicted octanol–water partition coefficient (Wildman–Crippen LogP) is 4.43. The van der Waals surface area contributed by atoms with Gasteiger partial charge in [0, 0.05) is 48.8 Å². The van der Waals surface area contributed by atoms with Crippen LogP contribution in [0.15, 0.2) is 41.8 Å². The fourth-order valence-electron chi connectivity index (χ4n) is 4.09. The molecule has 0 saturated carbocycles. The largest absolute Gasteiger partial charge is 0.444 e. The number of piperidine rings is 1. The number of nitrogens with one attached hydrogen (secondary N) is 3. The van der Waals surface area contributed by atoms with Crippen LogP contribution in [0.5, 0.6) is 0 Å². The lowest BCUT2D eigenvalue weighted by atomic mass is 10.0. The molecule has 0 aliphatic carbocycles. The van der Waals surface area contributed by atoms with Crippen molar-refractivity contribution in [2.45, 2.75) is 50.2 Å². The molecular formula is C24H30N6O3S. The number of fused-ring (bicyclic) bond motifs is 1. The molecule has 1 fully saturated rings. The second kappa shape index (κ2) is 9.92. The number of anilines is 2. The zero-order valence-corrected chi connectivity index (χ0v) is 20.7. The number of hydrogen-bond acceptors (Lipinski definition) is 7. The van der Waals surface area contributed by atoms with Crippen LogP contribution < -0.4 is 15.5 Å². The maximum absolute atomic E-state index is 12.8. The van der Waals surface area contributed by atoms with E-state index in [1.54, 1.807) is 36.3 Å². The summed E-state index contributed by atoms with van der Waals surface area (Å²) in [6.07, 6.45) is 10.2. The van der Waals surface area contributed by atoms with E-state index in [1.165, 1.54) is 6.20 Å². The smallest absolute Gasteiger partial charge is 0.407 e. The van der Waals surface area contributed by atoms with E-state index in [4.69, 9.17) is 4.74 Å². The average Bonchev–Trinajstić information content (AvgIpc) is 3.20. The Morgan fingerprint density at radius 1 is 1.29 bits per heavy atom. The molecule has 3 aromatic heterocycles. The van der Waals surface area contributed by atoms with Crippen LogP contribution >= 0.6 is 11.8 Å². The van der Waals surface area contributed by atoms with E-state index >= 15 is 0 Å². The fraction of sp³-hybridized carbons (Fsp3) is 0.417. The Labute approximate surface area is 203 Å². The standard InChI is InChI=1S/C24H30N6O3S/c1-24(2,3)33-23(32)28-16-8-6-10-30(14-16)20-18(34-4)13-27-21-19(20)17(12-26-21)29-22(31)15-7-5-9-25-11-15/h5,7,9,11-13,16H,6,8,10,14H2,1-4H3,(H,26,27)(H,28,32)(H,29,31)/t16-/m1/s1. The number of hydrogen-bond donors (Lipinski definition) is 3. The number of H-pyrrole nitrogens is 1. The Morgan fingerprint density at radius 2 is 2.12 bits per heavy atom. The van der Waals surface area contributed by atoms with Crippen LogP contribution in [0.2, 0.25) is 0 Å². The van der Waals surface area contributed by atoms with Crippen molar-refractivity contribution in [2.75, 3.05) is 29.6 Å². The third-order valence-corrected chi connectivity index (χ3v) is 6.23. The van der Waals surface area contributed by atoms with Crippen LogP contribution in [-0.4, -0.2) is 57.9 Å². The molecular weight excluding hydrogens is 452 g/mol. The highest BCUT2D eigenvalue weighted by atomic mass is 32.2. The molecule has 9 nitrogen and oxygen atoms in total. The Bertz CT molecular complexity index is 1170. The fourth-order valence-corrected chi connectivity index (χ4v) is 4.67. The number of aromatic nitrogens is 3. The molecule has 0 bridgehead atoms. The predicted molar refractivity (Wildman–Crippen MR) is 135 cm³/mol. The summed E-state index contributed by atoms with van der Waals surface area (Å²) in [4.78, 5) is 40.2. The van der Waals surface area contributed by atoms with Gasteiger partial charge in [-0.2, -0.15) is 0 Å². The molecule has 3 aromatic rings. The van der Waals surface area contributed by atoms with Crippen LogP contribution in [0.1, 0.15) is 44.0 Å². The van der Waals surface area contributed by atoms with Crippen LogP contribution in [0.25, 0.3) is 11.0 Å². The summed E-state index contributed by atoms with van der Waals surface area (Å²) in [6.45, 7) is 7.02. The van der Waals surface area contributed by atoms with E-state index in [2.05, 4.69) is 30.5 Å². The zero-order chi connectivity index (χ0) is 24.3. The van der Waals surface area contributed by atoms with E-state index < -0.39 is 11.7 Å². The van der Waals surface area contributed by atoms with Gasteiger partial charge in [-0.1, -0.05) is 0 Å². The normalized spacial score (nSPS) is 16.4. The average molecular weight is 483 g/mol. The van der Waals surface area contributed by atoms with Crippen molar-refractivity contribution in [3.8, 4) is 0 Å². The van der Waals surface area contributed by atoms with Crippen molar-refractivity contribution in [1.82, 2.24) is 20.3 Å². The number of thioether (sulfide) groups is 1. The number of amides is 2. The highest BCUT2D eigenvalue weighted by Crippen LogP contribution is 2.40. The first-order valence-corrected chi connectivity index (χ1v) is 12.5. The summed E-state index contributed by atoms with van der Waals surface area (Å²) in [5.74, 6) is -0.238. The minimum absolute atomic E-state index is 0.0473. The lowest BCUT2D eigenvalue weighted by Crippen LogP contribution is -2.49. The van der Waals surface area contributed by atoms with Gasteiger partial charge in [-0.3, -0.25) is 9.78 Å². The number of carbonyl (C=O) groups excluding carboxylic acids is 2. The second-order valence-electron chi connectivity index (χ2n) is 9.23. The Morgan fingerprint density at radius 3 is 2.82 bits per heavy atom. The first kappa shape index (κ1) is 23.9. The van der Waals surface area contributed by atoms with Gasteiger partial charge in [-0.15, -0.1) is 11.8 Å². The first-order valence-electron chi connectivity index (χ1n) is 11.2. The monoisotopic (exact) mass is 482 g/mol. The summed E-state index contributed by atoms with van der Waals surface area (Å²) in [7, 11) is 0. The van der Waals surface area contributed by atoms with Crippen molar-refractivity contribution < 1.29 is 14.3 Å². The lowest BCUT2D eigenvalue weighted by Gasteiger charge is -2.36. The number of pyridine rings is 2. The highest BCUT2D eigenvalue weighted by molar-refractivity contribution is 7.98. The number of ether oxygens (including phenoxy) is 1. The SMILES string of the molecule is CSc1cnc2[nH]cc(NC(=O)c3cccnc3)c2c1N1CCC[C@@H](NC(=O)OC(C)(C)C)C1. The van der Waals surface area contributed by atoms with Gasteiger partial charge in [-0.25, -0.2) is 9.78 Å². The molecule has 1 saturated heterocycles. The van der Waals surface area contributed by atoms with Crippen molar-refractivity contribution in [3.05, 3.63) is 42.5 Å². The van der Waals surface area contributed by atoms with Crippen LogP contribution in [0, 0.1) is 0 Å². The van der Waals surface area contributed by atoms with E-state index in [1.807, 2.05) is 33.2 Å². The molecule has 0 unspecified atom stereocenters. The van der Waals surface area contributed by atoms with E-state index in [0.29, 0.717) is 23.4 Å². The van der Waals surface area contributed by atoms with Gasteiger partial charge in [-0.05, 0) is 52.0 Å². The summed E-state index contributed by atoms with van der Waals surface area (Å²) in [5.41, 5.74) is 2.28. The maximum Gasteiger partial charge on any atom is 0.407 e. The second-order valence-corrected chi connectivity index (χ2v) is 10.1. The minimum Gasteiger partial charge on any atom is -0.444 e. The number of carbonyl (C=O) groups is 2. The molecule has 1 atom stereocenters. The maximum atomic E-state index is 12.8. The highest BCUT2D eigenvalue weighted by Gasteiger charge is 2.28. The first-order chi connectivity index (χ1) is 16.2. The molecule has 4 rings (SSSR count). The van der Waals surface area contributed by atoms with Crippen molar-refractivity contribution in [2.24, 2.45) is 0 Å². The molecule has 34 heavy (non-hydrogen) atoms. The van der Waals surface area contributed by atoms with Gasteiger partial charge in [0.1, 0.15) is 11.2 Å². The summed E-state index contributed by atoms with van der Waals surface area (Å²) < 4.78 is 5.45. The van der Waals surface area contributed by atoms with Gasteiger partial charge < -0.3 is 25.3 Å². The molecule has 0 spiro atoms. The molecule has 1 aliphatic rings. The molecule has 3 N–H and O–H groups in total. The van der Waals surface area contributed by atoms with Crippen LogP contribution in [0.3, 0.4) is 0 Å². The molecule has 1 aliphatic heterocycles. The Hall–Kier alpha value is -3.27. The van der Waals surface area contributed by atoms with E-state index in [0.717, 1.165) is 35.4 Å². The molecule has 2 amide bonds. The van der Waals surface area contributed by atoms with Crippen LogP contribution in [0.4, 0.5) is 16.2 Å². The molecule has 4 heterocycles. The van der Waals surface area contributed by atoms with Crippen LogP contribution in [-0.2, 0) is 4.74 Å². The van der Waals surface area contributed by atoms with Gasteiger partial charge in [0.25, 0.3) is 5.91 Å². The van der Waals surface area contributed by atoms with Crippen molar-refractivity contribution in [1.29, 1.82) is 0 Å². The van der Waals surface area contributed by atoms with Gasteiger partial charge >= 0.3 is 6.09 Å². The summed E-state index contributed by atoms with van der Waals surface area (Å²) in [5, 5.41) is 6.87. The van der Waals surface area contributed by atoms with Gasteiger partial charge in [0.2, 0.25) is 0 Å². The number of alkyl carbamates (subject to hydrolysis) is 1. The third kappa shape index (κ3) is 5.44. The summed E-state index contributed by atoms with van der Waals surface area (Å²) in [6, 6.07) is 3.41. The number of aromatic amines is 1. The summed E-state index contributed by atoms with van der Waals surface area (Å²) >= 11 is 1.60. The van der Waals surface area contributed by atoms with E-state index in [-0.39, 0.29) is 11.9 Å². The molecule has 10 heteroatoms. The van der Waals surface area contributed by atoms with Crippen molar-refractivity contribution in [3.63, 3.8) is 0 Å². The lowest BCUT2D eigenvalue weighted by molar-refractivity contribution is 0.0499. The topological polar surface area (TPSA) is 112 Å². The van der Waals surface area contributed by atoms with Crippen molar-refractivity contribution >= 4 is 46.2 Å². The zero-order valence-electron chi connectivity index (χ0n) is 19.8. The third-order valence-electron chi connectivity index (χ3n) is 5.49.